The van der Waals surface area contributed by atoms with Crippen molar-refractivity contribution in [1.29, 1.82) is 0 Å². The van der Waals surface area contributed by atoms with E-state index < -0.39 is 10.5 Å². The van der Waals surface area contributed by atoms with Gasteiger partial charge in [-0.25, -0.2) is 0 Å². The predicted octanol–water partition coefficient (Wildman–Crippen LogP) is -0.136. The van der Waals surface area contributed by atoms with Crippen LogP contribution in [0.3, 0.4) is 0 Å². The van der Waals surface area contributed by atoms with Crippen LogP contribution >= 0.6 is 0 Å². The number of aromatic nitrogens is 4. The first-order valence-corrected chi connectivity index (χ1v) is 3.92. The van der Waals surface area contributed by atoms with Crippen LogP contribution in [0.2, 0.25) is 0 Å². The second-order valence-electron chi connectivity index (χ2n) is 2.65. The van der Waals surface area contributed by atoms with Crippen LogP contribution in [0.4, 0.5) is 5.69 Å². The van der Waals surface area contributed by atoms with E-state index in [0.29, 0.717) is 0 Å². The smallest absolute Gasteiger partial charge is 0.287 e. The Bertz CT molecular complexity index is 544. The molecule has 0 amide bonds. The monoisotopic (exact) mass is 207 g/mol. The first-order chi connectivity index (χ1) is 7.18. The van der Waals surface area contributed by atoms with Crippen molar-refractivity contribution in [2.24, 2.45) is 0 Å². The Labute approximate surface area is 82.3 Å². The number of hydrogen-bond donors (Lipinski definition) is 1. The molecule has 2 aromatic heterocycles. The van der Waals surface area contributed by atoms with Crippen molar-refractivity contribution >= 4 is 5.69 Å². The van der Waals surface area contributed by atoms with Gasteiger partial charge in [0.05, 0.1) is 29.6 Å². The predicted molar refractivity (Wildman–Crippen MR) is 48.6 cm³/mol. The van der Waals surface area contributed by atoms with Gasteiger partial charge in [-0.2, -0.15) is 10.2 Å². The Morgan fingerprint density at radius 2 is 2.07 bits per heavy atom. The maximum atomic E-state index is 11.3. The molecule has 8 heteroatoms. The molecule has 76 valence electrons. The van der Waals surface area contributed by atoms with Crippen molar-refractivity contribution in [1.82, 2.24) is 20.0 Å². The molecule has 0 bridgehead atoms. The molecule has 0 saturated heterocycles. The maximum Gasteiger partial charge on any atom is 0.287 e. The van der Waals surface area contributed by atoms with Gasteiger partial charge in [0, 0.05) is 0 Å². The van der Waals surface area contributed by atoms with Crippen LogP contribution in [0.1, 0.15) is 0 Å². The number of nitrogens with one attached hydrogen (secondary N) is 1. The maximum absolute atomic E-state index is 11.3. The minimum absolute atomic E-state index is 0.00852. The van der Waals surface area contributed by atoms with Gasteiger partial charge in [0.1, 0.15) is 0 Å². The van der Waals surface area contributed by atoms with E-state index in [2.05, 4.69) is 15.2 Å². The Morgan fingerprint density at radius 3 is 2.67 bits per heavy atom. The highest BCUT2D eigenvalue weighted by Gasteiger charge is 2.11. The van der Waals surface area contributed by atoms with Crippen molar-refractivity contribution in [3.8, 4) is 5.69 Å². The third kappa shape index (κ3) is 1.59. The normalized spacial score (nSPS) is 10.1. The molecule has 2 heterocycles. The van der Waals surface area contributed by atoms with Crippen LogP contribution in [-0.2, 0) is 0 Å². The van der Waals surface area contributed by atoms with Gasteiger partial charge in [0.2, 0.25) is 0 Å². The lowest BCUT2D eigenvalue weighted by Crippen LogP contribution is -2.16. The zero-order valence-corrected chi connectivity index (χ0v) is 7.32. The number of nitro groups is 1. The Balaban J connectivity index is 2.61. The lowest BCUT2D eigenvalue weighted by Gasteiger charge is -1.97. The van der Waals surface area contributed by atoms with Crippen LogP contribution in [0.15, 0.2) is 29.5 Å². The SMILES string of the molecule is O=c1[nH]cc([N+](=O)[O-])cc1-n1nccn1. The lowest BCUT2D eigenvalue weighted by molar-refractivity contribution is -0.385. The van der Waals surface area contributed by atoms with E-state index in [-0.39, 0.29) is 11.4 Å². The van der Waals surface area contributed by atoms with E-state index in [4.69, 9.17) is 0 Å². The lowest BCUT2D eigenvalue weighted by atomic mass is 10.4. The summed E-state index contributed by atoms with van der Waals surface area (Å²) in [7, 11) is 0. The van der Waals surface area contributed by atoms with E-state index in [9.17, 15) is 14.9 Å². The molecule has 0 aliphatic carbocycles. The molecule has 2 rings (SSSR count). The molecule has 0 spiro atoms. The van der Waals surface area contributed by atoms with Crippen LogP contribution in [0.5, 0.6) is 0 Å². The first kappa shape index (κ1) is 9.06. The molecule has 0 aromatic carbocycles. The van der Waals surface area contributed by atoms with Gasteiger partial charge in [0.25, 0.3) is 11.2 Å². The molecule has 0 saturated carbocycles. The van der Waals surface area contributed by atoms with Gasteiger partial charge >= 0.3 is 0 Å². The Hall–Kier alpha value is -2.51. The molecule has 0 radical (unpaired) electrons. The number of H-pyrrole nitrogens is 1. The summed E-state index contributed by atoms with van der Waals surface area (Å²) in [6.07, 6.45) is 3.77. The largest absolute Gasteiger partial charge is 0.321 e. The van der Waals surface area contributed by atoms with Crippen LogP contribution in [0, 0.1) is 10.1 Å². The van der Waals surface area contributed by atoms with Crippen molar-refractivity contribution in [2.45, 2.75) is 0 Å². The average molecular weight is 207 g/mol. The zero-order valence-electron chi connectivity index (χ0n) is 7.32. The van der Waals surface area contributed by atoms with Crippen LogP contribution in [0.25, 0.3) is 5.69 Å². The fourth-order valence-electron chi connectivity index (χ4n) is 1.05. The van der Waals surface area contributed by atoms with Crippen molar-refractivity contribution < 1.29 is 4.92 Å². The zero-order chi connectivity index (χ0) is 10.8. The minimum atomic E-state index is -0.608. The highest BCUT2D eigenvalue weighted by Crippen LogP contribution is 2.09. The Morgan fingerprint density at radius 1 is 1.40 bits per heavy atom. The third-order valence-corrected chi connectivity index (χ3v) is 1.71. The van der Waals surface area contributed by atoms with Crippen LogP contribution in [-0.4, -0.2) is 24.9 Å². The average Bonchev–Trinajstić information content (AvgIpc) is 2.71. The molecular formula is C7H5N5O3. The molecule has 0 fully saturated rings. The van der Waals surface area contributed by atoms with Gasteiger partial charge in [-0.05, 0) is 0 Å². The number of rotatable bonds is 2. The summed E-state index contributed by atoms with van der Waals surface area (Å²) in [5.74, 6) is 0. The third-order valence-electron chi connectivity index (χ3n) is 1.71. The molecule has 8 nitrogen and oxygen atoms in total. The molecule has 0 aliphatic rings. The summed E-state index contributed by atoms with van der Waals surface area (Å²) in [6, 6.07) is 1.11. The van der Waals surface area contributed by atoms with Crippen molar-refractivity contribution in [3.05, 3.63) is 45.1 Å². The van der Waals surface area contributed by atoms with Gasteiger partial charge in [-0.1, -0.05) is 0 Å². The van der Waals surface area contributed by atoms with Gasteiger partial charge in [-0.15, -0.1) is 4.80 Å². The fourth-order valence-corrected chi connectivity index (χ4v) is 1.05. The first-order valence-electron chi connectivity index (χ1n) is 3.92. The van der Waals surface area contributed by atoms with Gasteiger partial charge in [0.15, 0.2) is 5.69 Å². The second-order valence-corrected chi connectivity index (χ2v) is 2.65. The quantitative estimate of drug-likeness (QED) is 0.544. The summed E-state index contributed by atoms with van der Waals surface area (Å²) < 4.78 is 0. The number of aromatic amines is 1. The van der Waals surface area contributed by atoms with Crippen LogP contribution < -0.4 is 5.56 Å². The molecule has 15 heavy (non-hydrogen) atoms. The number of nitrogens with zero attached hydrogens (tertiary/aromatic N) is 4. The molecular weight excluding hydrogens is 202 g/mol. The molecule has 1 N–H and O–H groups in total. The summed E-state index contributed by atoms with van der Waals surface area (Å²) in [5.41, 5.74) is -0.701. The summed E-state index contributed by atoms with van der Waals surface area (Å²) in [6.45, 7) is 0. The number of pyridine rings is 1. The molecule has 0 unspecified atom stereocenters. The Kier molecular flexibility index (Phi) is 2.01. The minimum Gasteiger partial charge on any atom is -0.321 e. The molecule has 2 aromatic rings. The van der Waals surface area contributed by atoms with E-state index in [1.807, 2.05) is 0 Å². The summed E-state index contributed by atoms with van der Waals surface area (Å²) in [4.78, 5) is 24.4. The molecule has 0 atom stereocenters. The molecule has 0 aliphatic heterocycles. The fraction of sp³-hybridized carbons (Fsp3) is 0. The van der Waals surface area contributed by atoms with Gasteiger partial charge in [-0.3, -0.25) is 14.9 Å². The standard InChI is InChI=1S/C7H5N5O3/c13-7-6(11-9-1-2-10-11)3-5(4-8-7)12(14)15/h1-4H,(H,8,13). The summed E-state index contributed by atoms with van der Waals surface area (Å²) >= 11 is 0. The van der Waals surface area contributed by atoms with E-state index in [1.165, 1.54) is 12.4 Å². The highest BCUT2D eigenvalue weighted by atomic mass is 16.6. The number of hydrogen-bond acceptors (Lipinski definition) is 5. The van der Waals surface area contributed by atoms with E-state index in [1.54, 1.807) is 0 Å². The summed E-state index contributed by atoms with van der Waals surface area (Å²) in [5, 5.41) is 17.9. The van der Waals surface area contributed by atoms with Crippen molar-refractivity contribution in [2.75, 3.05) is 0 Å². The van der Waals surface area contributed by atoms with E-state index >= 15 is 0 Å². The highest BCUT2D eigenvalue weighted by molar-refractivity contribution is 5.37. The topological polar surface area (TPSA) is 107 Å². The van der Waals surface area contributed by atoms with E-state index in [0.717, 1.165) is 17.1 Å². The van der Waals surface area contributed by atoms with Crippen molar-refractivity contribution in [3.63, 3.8) is 0 Å². The second kappa shape index (κ2) is 3.33. The van der Waals surface area contributed by atoms with Gasteiger partial charge < -0.3 is 4.98 Å².